The van der Waals surface area contributed by atoms with Crippen molar-refractivity contribution in [3.63, 3.8) is 0 Å². The molecular weight excluding hydrogens is 242 g/mol. The number of carbonyl (C=O) groups excluding carboxylic acids is 1. The third kappa shape index (κ3) is 3.68. The van der Waals surface area contributed by atoms with E-state index in [1.165, 1.54) is 12.8 Å². The zero-order valence-corrected chi connectivity index (χ0v) is 12.2. The monoisotopic (exact) mass is 269 g/mol. The van der Waals surface area contributed by atoms with Crippen LogP contribution in [-0.2, 0) is 9.53 Å². The summed E-state index contributed by atoms with van der Waals surface area (Å²) in [6.07, 6.45) is 6.17. The van der Waals surface area contributed by atoms with E-state index in [1.807, 2.05) is 0 Å². The number of hydrogen-bond acceptors (Lipinski definition) is 4. The summed E-state index contributed by atoms with van der Waals surface area (Å²) in [5.41, 5.74) is 5.20. The van der Waals surface area contributed by atoms with Gasteiger partial charge in [0.25, 0.3) is 0 Å². The number of primary amides is 1. The van der Waals surface area contributed by atoms with Gasteiger partial charge in [0.05, 0.1) is 5.54 Å². The Kier molecular flexibility index (Phi) is 4.81. The summed E-state index contributed by atoms with van der Waals surface area (Å²) in [5.74, 6) is -0.174. The second kappa shape index (κ2) is 6.20. The topological polar surface area (TPSA) is 67.6 Å². The van der Waals surface area contributed by atoms with Crippen LogP contribution in [0, 0.1) is 0 Å². The second-order valence-electron chi connectivity index (χ2n) is 6.09. The molecule has 0 aromatic heterocycles. The molecule has 2 fully saturated rings. The summed E-state index contributed by atoms with van der Waals surface area (Å²) in [7, 11) is 3.86. The molecule has 0 spiro atoms. The quantitative estimate of drug-likeness (QED) is 0.629. The zero-order valence-electron chi connectivity index (χ0n) is 12.2. The Morgan fingerprint density at radius 3 is 2.79 bits per heavy atom. The number of nitrogens with zero attached hydrogens (tertiary/aromatic N) is 1. The number of nitrogens with two attached hydrogens (primary N) is 1. The van der Waals surface area contributed by atoms with Crippen molar-refractivity contribution in [2.75, 3.05) is 27.3 Å². The Hall–Kier alpha value is -0.650. The van der Waals surface area contributed by atoms with Crippen molar-refractivity contribution < 1.29 is 9.53 Å². The molecule has 0 bridgehead atoms. The van der Waals surface area contributed by atoms with Crippen LogP contribution in [0.25, 0.3) is 0 Å². The van der Waals surface area contributed by atoms with Crippen molar-refractivity contribution in [1.29, 1.82) is 0 Å². The molecule has 2 unspecified atom stereocenters. The molecule has 2 rings (SSSR count). The summed E-state index contributed by atoms with van der Waals surface area (Å²) >= 11 is 0. The highest BCUT2D eigenvalue weighted by Crippen LogP contribution is 2.35. The van der Waals surface area contributed by atoms with Crippen LogP contribution in [0.1, 0.15) is 38.5 Å². The van der Waals surface area contributed by atoms with Crippen molar-refractivity contribution in [2.24, 2.45) is 5.73 Å². The summed E-state index contributed by atoms with van der Waals surface area (Å²) in [6.45, 7) is 1.80. The smallest absolute Gasteiger partial charge is 0.237 e. The molecule has 19 heavy (non-hydrogen) atoms. The average Bonchev–Trinajstić information content (AvgIpc) is 3.06. The number of ether oxygens (including phenoxy) is 1. The fourth-order valence-corrected chi connectivity index (χ4v) is 3.08. The van der Waals surface area contributed by atoms with Gasteiger partial charge in [-0.15, -0.1) is 0 Å². The molecule has 5 nitrogen and oxygen atoms in total. The van der Waals surface area contributed by atoms with Gasteiger partial charge in [0.2, 0.25) is 5.91 Å². The summed E-state index contributed by atoms with van der Waals surface area (Å²) in [5, 5.41) is 3.49. The summed E-state index contributed by atoms with van der Waals surface area (Å²) in [6, 6.07) is 0.973. The third-order valence-electron chi connectivity index (χ3n) is 4.50. The fourth-order valence-electron chi connectivity index (χ4n) is 3.08. The first kappa shape index (κ1) is 14.8. The number of amides is 1. The minimum atomic E-state index is -0.457. The molecular formula is C14H27N3O2. The lowest BCUT2D eigenvalue weighted by molar-refractivity contribution is -0.124. The van der Waals surface area contributed by atoms with Crippen LogP contribution in [-0.4, -0.2) is 55.7 Å². The van der Waals surface area contributed by atoms with Crippen LogP contribution in [0.5, 0.6) is 0 Å². The Morgan fingerprint density at radius 2 is 2.21 bits per heavy atom. The minimum Gasteiger partial charge on any atom is -0.385 e. The van der Waals surface area contributed by atoms with Gasteiger partial charge in [0.15, 0.2) is 0 Å². The molecule has 0 aromatic carbocycles. The van der Waals surface area contributed by atoms with Gasteiger partial charge in [0, 0.05) is 32.3 Å². The van der Waals surface area contributed by atoms with Crippen molar-refractivity contribution in [3.05, 3.63) is 0 Å². The number of methoxy groups -OCH3 is 1. The lowest BCUT2D eigenvalue weighted by atomic mass is 9.96. The molecule has 2 aliphatic carbocycles. The molecule has 5 heteroatoms. The number of rotatable bonds is 8. The van der Waals surface area contributed by atoms with Crippen LogP contribution >= 0.6 is 0 Å². The third-order valence-corrected chi connectivity index (χ3v) is 4.50. The van der Waals surface area contributed by atoms with Gasteiger partial charge in [-0.2, -0.15) is 0 Å². The van der Waals surface area contributed by atoms with E-state index in [4.69, 9.17) is 10.5 Å². The van der Waals surface area contributed by atoms with Gasteiger partial charge in [-0.05, 0) is 45.6 Å². The second-order valence-corrected chi connectivity index (χ2v) is 6.09. The average molecular weight is 269 g/mol. The molecule has 1 amide bonds. The first-order valence-electron chi connectivity index (χ1n) is 7.34. The van der Waals surface area contributed by atoms with Gasteiger partial charge < -0.3 is 20.7 Å². The predicted octanol–water partition coefficient (Wildman–Crippen LogP) is 0.483. The first-order valence-corrected chi connectivity index (χ1v) is 7.34. The normalized spacial score (nSPS) is 31.0. The molecule has 0 heterocycles. The van der Waals surface area contributed by atoms with Gasteiger partial charge in [0.1, 0.15) is 0 Å². The molecule has 2 saturated carbocycles. The predicted molar refractivity (Wildman–Crippen MR) is 74.8 cm³/mol. The number of carbonyl (C=O) groups is 1. The largest absolute Gasteiger partial charge is 0.385 e. The molecule has 110 valence electrons. The Morgan fingerprint density at radius 1 is 1.47 bits per heavy atom. The Balaban J connectivity index is 1.86. The van der Waals surface area contributed by atoms with Gasteiger partial charge in [-0.25, -0.2) is 0 Å². The van der Waals surface area contributed by atoms with Crippen LogP contribution < -0.4 is 11.1 Å². The zero-order chi connectivity index (χ0) is 13.9. The van der Waals surface area contributed by atoms with Gasteiger partial charge in [-0.3, -0.25) is 4.79 Å². The maximum atomic E-state index is 11.8. The summed E-state index contributed by atoms with van der Waals surface area (Å²) < 4.78 is 5.08. The van der Waals surface area contributed by atoms with Crippen LogP contribution in [0.3, 0.4) is 0 Å². The van der Waals surface area contributed by atoms with E-state index in [9.17, 15) is 4.79 Å². The fraction of sp³-hybridized carbons (Fsp3) is 0.929. The van der Waals surface area contributed by atoms with E-state index in [0.29, 0.717) is 12.1 Å². The standard InChI is InChI=1S/C14H27N3O2/c1-17(8-3-9-19-2)12-6-7-14(10-12,13(15)18)16-11-4-5-11/h11-12,16H,3-10H2,1-2H3,(H2,15,18). The van der Waals surface area contributed by atoms with Crippen molar-refractivity contribution in [1.82, 2.24) is 10.2 Å². The van der Waals surface area contributed by atoms with Crippen molar-refractivity contribution >= 4 is 5.91 Å². The number of hydrogen-bond donors (Lipinski definition) is 2. The molecule has 3 N–H and O–H groups in total. The minimum absolute atomic E-state index is 0.174. The molecule has 2 atom stereocenters. The van der Waals surface area contributed by atoms with Gasteiger partial charge in [-0.1, -0.05) is 0 Å². The SMILES string of the molecule is COCCCN(C)C1CCC(NC2CC2)(C(N)=O)C1. The molecule has 0 aliphatic heterocycles. The maximum Gasteiger partial charge on any atom is 0.237 e. The Labute approximate surface area is 115 Å². The molecule has 0 aromatic rings. The molecule has 0 radical (unpaired) electrons. The maximum absolute atomic E-state index is 11.8. The number of nitrogens with one attached hydrogen (secondary N) is 1. The first-order chi connectivity index (χ1) is 9.07. The van der Waals surface area contributed by atoms with Crippen molar-refractivity contribution in [2.45, 2.75) is 56.1 Å². The van der Waals surface area contributed by atoms with E-state index in [1.54, 1.807) is 7.11 Å². The van der Waals surface area contributed by atoms with Crippen LogP contribution in [0.15, 0.2) is 0 Å². The van der Waals surface area contributed by atoms with E-state index in [0.717, 1.165) is 38.8 Å². The highest BCUT2D eigenvalue weighted by molar-refractivity contribution is 5.85. The lowest BCUT2D eigenvalue weighted by Gasteiger charge is -2.29. The molecule has 0 saturated heterocycles. The Bertz CT molecular complexity index is 320. The van der Waals surface area contributed by atoms with E-state index in [-0.39, 0.29) is 5.91 Å². The molecule has 2 aliphatic rings. The summed E-state index contributed by atoms with van der Waals surface area (Å²) in [4.78, 5) is 14.2. The van der Waals surface area contributed by atoms with Crippen LogP contribution in [0.4, 0.5) is 0 Å². The van der Waals surface area contributed by atoms with Crippen molar-refractivity contribution in [3.8, 4) is 0 Å². The highest BCUT2D eigenvalue weighted by atomic mass is 16.5. The lowest BCUT2D eigenvalue weighted by Crippen LogP contribution is -2.55. The van der Waals surface area contributed by atoms with E-state index >= 15 is 0 Å². The highest BCUT2D eigenvalue weighted by Gasteiger charge is 2.47. The van der Waals surface area contributed by atoms with Crippen LogP contribution in [0.2, 0.25) is 0 Å². The van der Waals surface area contributed by atoms with E-state index in [2.05, 4.69) is 17.3 Å². The van der Waals surface area contributed by atoms with Gasteiger partial charge >= 0.3 is 0 Å². The van der Waals surface area contributed by atoms with E-state index < -0.39 is 5.54 Å².